The van der Waals surface area contributed by atoms with E-state index in [-0.39, 0.29) is 12.1 Å². The van der Waals surface area contributed by atoms with Gasteiger partial charge in [0.15, 0.2) is 12.0 Å². The Morgan fingerprint density at radius 3 is 2.63 bits per heavy atom. The summed E-state index contributed by atoms with van der Waals surface area (Å²) in [5.41, 5.74) is 4.07. The molecule has 0 aliphatic heterocycles. The Morgan fingerprint density at radius 2 is 1.89 bits per heavy atom. The van der Waals surface area contributed by atoms with Gasteiger partial charge in [0.1, 0.15) is 5.82 Å². The molecule has 2 aromatic heterocycles. The SMILES string of the molecule is Cc1cc(Nc2ccnc(N(C)C3CCC(N=C(NC#N)NC4Cc5ccc(C#N)cc5C4)CC3)n2)n[nH]1. The van der Waals surface area contributed by atoms with Crippen LogP contribution in [-0.4, -0.2) is 51.3 Å². The van der Waals surface area contributed by atoms with Gasteiger partial charge in [-0.3, -0.25) is 10.4 Å². The second-order valence-corrected chi connectivity index (χ2v) is 9.94. The number of aliphatic imine (C=N–C) groups is 1. The Kier molecular flexibility index (Phi) is 7.36. The lowest BCUT2D eigenvalue weighted by Gasteiger charge is -2.33. The molecule has 38 heavy (non-hydrogen) atoms. The van der Waals surface area contributed by atoms with Crippen molar-refractivity contribution >= 4 is 23.5 Å². The van der Waals surface area contributed by atoms with Crippen LogP contribution in [0.5, 0.6) is 0 Å². The molecule has 3 aromatic rings. The predicted octanol–water partition coefficient (Wildman–Crippen LogP) is 3.05. The van der Waals surface area contributed by atoms with Crippen LogP contribution in [0.25, 0.3) is 0 Å². The van der Waals surface area contributed by atoms with E-state index in [2.05, 4.69) is 47.1 Å². The Balaban J connectivity index is 1.17. The number of hydrogen-bond acceptors (Lipinski definition) is 8. The largest absolute Gasteiger partial charge is 0.352 e. The van der Waals surface area contributed by atoms with Crippen molar-refractivity contribution in [3.05, 3.63) is 58.9 Å². The number of nitrogens with zero attached hydrogens (tertiary/aromatic N) is 7. The fourth-order valence-electron chi connectivity index (χ4n) is 5.26. The van der Waals surface area contributed by atoms with Crippen LogP contribution in [0.3, 0.4) is 0 Å². The van der Waals surface area contributed by atoms with Gasteiger partial charge >= 0.3 is 0 Å². The summed E-state index contributed by atoms with van der Waals surface area (Å²) in [6, 6.07) is 12.4. The van der Waals surface area contributed by atoms with Crippen LogP contribution in [0.4, 0.5) is 17.6 Å². The number of anilines is 3. The summed E-state index contributed by atoms with van der Waals surface area (Å²) >= 11 is 0. The van der Waals surface area contributed by atoms with Crippen LogP contribution in [-0.2, 0) is 12.8 Å². The maximum absolute atomic E-state index is 9.29. The molecule has 1 aromatic carbocycles. The van der Waals surface area contributed by atoms with E-state index in [1.165, 1.54) is 11.1 Å². The van der Waals surface area contributed by atoms with Crippen molar-refractivity contribution in [3.8, 4) is 12.3 Å². The minimum absolute atomic E-state index is 0.133. The number of aryl methyl sites for hydroxylation is 1. The number of fused-ring (bicyclic) bond motifs is 1. The van der Waals surface area contributed by atoms with Crippen molar-refractivity contribution < 1.29 is 0 Å². The molecule has 0 radical (unpaired) electrons. The van der Waals surface area contributed by atoms with Crippen molar-refractivity contribution in [1.29, 1.82) is 10.5 Å². The first kappa shape index (κ1) is 25.0. The topological polar surface area (TPSA) is 154 Å². The first-order chi connectivity index (χ1) is 18.5. The smallest absolute Gasteiger partial charge is 0.227 e. The number of aromatic nitrogens is 4. The monoisotopic (exact) mass is 509 g/mol. The van der Waals surface area contributed by atoms with Crippen LogP contribution in [0.15, 0.2) is 41.5 Å². The highest BCUT2D eigenvalue weighted by Crippen LogP contribution is 2.28. The van der Waals surface area contributed by atoms with Gasteiger partial charge in [-0.05, 0) is 74.8 Å². The minimum Gasteiger partial charge on any atom is -0.352 e. The molecule has 0 spiro atoms. The summed E-state index contributed by atoms with van der Waals surface area (Å²) in [4.78, 5) is 16.2. The van der Waals surface area contributed by atoms with Crippen LogP contribution in [0.1, 0.15) is 48.1 Å². The van der Waals surface area contributed by atoms with Crippen molar-refractivity contribution in [2.45, 2.75) is 63.6 Å². The van der Waals surface area contributed by atoms with E-state index in [1.54, 1.807) is 6.20 Å². The Bertz CT molecular complexity index is 1390. The summed E-state index contributed by atoms with van der Waals surface area (Å²) in [6.45, 7) is 1.95. The standard InChI is InChI=1S/C27H31N11/c1-17-11-25(37-36-17)34-24-9-10-30-27(35-24)38(2)23-7-5-21(6-8-23)32-26(31-16-29)33-22-13-19-4-3-18(15-28)12-20(19)14-22/h3-4,9-12,21-23H,5-8,13-14H2,1-2H3,(H2,31,32,33)(H2,30,34,35,36,37). The van der Waals surface area contributed by atoms with Gasteiger partial charge in [-0.15, -0.1) is 0 Å². The Hall–Kier alpha value is -4.64. The first-order valence-corrected chi connectivity index (χ1v) is 12.9. The summed E-state index contributed by atoms with van der Waals surface area (Å²) in [5.74, 6) is 2.61. The van der Waals surface area contributed by atoms with E-state index in [9.17, 15) is 10.5 Å². The van der Waals surface area contributed by atoms with Crippen LogP contribution in [0.2, 0.25) is 0 Å². The van der Waals surface area contributed by atoms with E-state index in [4.69, 9.17) is 4.99 Å². The fourth-order valence-corrected chi connectivity index (χ4v) is 5.26. The summed E-state index contributed by atoms with van der Waals surface area (Å²) in [6.07, 6.45) is 9.16. The average molecular weight is 510 g/mol. The summed E-state index contributed by atoms with van der Waals surface area (Å²) < 4.78 is 0. The van der Waals surface area contributed by atoms with E-state index >= 15 is 0 Å². The summed E-state index contributed by atoms with van der Waals surface area (Å²) in [5, 5.41) is 35.0. The normalized spacial score (nSPS) is 20.6. The van der Waals surface area contributed by atoms with Gasteiger partial charge in [-0.25, -0.2) is 9.98 Å². The lowest BCUT2D eigenvalue weighted by atomic mass is 9.91. The molecule has 194 valence electrons. The zero-order valence-electron chi connectivity index (χ0n) is 21.6. The minimum atomic E-state index is 0.133. The van der Waals surface area contributed by atoms with Gasteiger partial charge in [0.25, 0.3) is 0 Å². The van der Waals surface area contributed by atoms with Crippen LogP contribution < -0.4 is 20.9 Å². The molecular formula is C27H31N11. The van der Waals surface area contributed by atoms with Crippen molar-refractivity contribution in [2.24, 2.45) is 4.99 Å². The lowest BCUT2D eigenvalue weighted by molar-refractivity contribution is 0.382. The molecule has 11 nitrogen and oxygen atoms in total. The molecule has 4 N–H and O–H groups in total. The highest BCUT2D eigenvalue weighted by Gasteiger charge is 2.27. The molecular weight excluding hydrogens is 478 g/mol. The van der Waals surface area contributed by atoms with Gasteiger partial charge in [0, 0.05) is 37.1 Å². The molecule has 2 aliphatic carbocycles. The third kappa shape index (κ3) is 5.84. The molecule has 5 rings (SSSR count). The predicted molar refractivity (Wildman–Crippen MR) is 145 cm³/mol. The molecule has 0 saturated heterocycles. The molecule has 0 bridgehead atoms. The molecule has 1 saturated carbocycles. The number of hydrogen-bond donors (Lipinski definition) is 4. The first-order valence-electron chi connectivity index (χ1n) is 12.9. The highest BCUT2D eigenvalue weighted by molar-refractivity contribution is 5.81. The van der Waals surface area contributed by atoms with E-state index in [0.717, 1.165) is 50.0 Å². The maximum Gasteiger partial charge on any atom is 0.227 e. The number of guanidine groups is 1. The Morgan fingerprint density at radius 1 is 1.08 bits per heavy atom. The second-order valence-electron chi connectivity index (χ2n) is 9.94. The maximum atomic E-state index is 9.29. The Labute approximate surface area is 222 Å². The number of nitrogens with one attached hydrogen (secondary N) is 4. The number of aromatic amines is 1. The zero-order valence-corrected chi connectivity index (χ0v) is 21.6. The van der Waals surface area contributed by atoms with Gasteiger partial charge in [0.05, 0.1) is 17.7 Å². The fraction of sp³-hybridized carbons (Fsp3) is 0.407. The molecule has 0 amide bonds. The number of benzene rings is 1. The van der Waals surface area contributed by atoms with Gasteiger partial charge in [-0.2, -0.15) is 20.6 Å². The number of nitriles is 2. The van der Waals surface area contributed by atoms with Gasteiger partial charge < -0.3 is 15.5 Å². The van der Waals surface area contributed by atoms with E-state index in [0.29, 0.717) is 29.3 Å². The highest BCUT2D eigenvalue weighted by atomic mass is 15.3. The van der Waals surface area contributed by atoms with Crippen LogP contribution >= 0.6 is 0 Å². The second kappa shape index (κ2) is 11.2. The van der Waals surface area contributed by atoms with Crippen molar-refractivity contribution in [1.82, 2.24) is 30.8 Å². The molecule has 2 heterocycles. The number of H-pyrrole nitrogens is 1. The third-order valence-electron chi connectivity index (χ3n) is 7.23. The zero-order chi connectivity index (χ0) is 26.5. The van der Waals surface area contributed by atoms with Crippen molar-refractivity contribution in [3.63, 3.8) is 0 Å². The molecule has 2 aliphatic rings. The summed E-state index contributed by atoms with van der Waals surface area (Å²) in [7, 11) is 2.03. The quantitative estimate of drug-likeness (QED) is 0.170. The molecule has 11 heteroatoms. The van der Waals surface area contributed by atoms with Crippen LogP contribution in [0, 0.1) is 29.7 Å². The molecule has 1 unspecified atom stereocenters. The molecule has 1 fully saturated rings. The van der Waals surface area contributed by atoms with Gasteiger partial charge in [0.2, 0.25) is 11.9 Å². The van der Waals surface area contributed by atoms with E-state index < -0.39 is 0 Å². The van der Waals surface area contributed by atoms with Crippen molar-refractivity contribution in [2.75, 3.05) is 17.3 Å². The van der Waals surface area contributed by atoms with E-state index in [1.807, 2.05) is 50.5 Å². The van der Waals surface area contributed by atoms with Gasteiger partial charge in [-0.1, -0.05) is 6.07 Å². The molecule has 1 atom stereocenters. The average Bonchev–Trinajstić information content (AvgIpc) is 3.53. The third-order valence-corrected chi connectivity index (χ3v) is 7.23. The number of rotatable bonds is 6. The lowest BCUT2D eigenvalue weighted by Crippen LogP contribution is -2.43.